The monoisotopic (exact) mass is 331 g/mol. The molecule has 0 bridgehead atoms. The second-order valence-corrected chi connectivity index (χ2v) is 5.07. The van der Waals surface area contributed by atoms with Gasteiger partial charge < -0.3 is 9.47 Å². The molecule has 0 aliphatic carbocycles. The van der Waals surface area contributed by atoms with Gasteiger partial charge in [0.05, 0.1) is 16.1 Å². The van der Waals surface area contributed by atoms with Gasteiger partial charge in [-0.3, -0.25) is 0 Å². The van der Waals surface area contributed by atoms with E-state index < -0.39 is 0 Å². The molecule has 0 aliphatic rings. The number of para-hydroxylation sites is 1. The number of halogens is 1. The van der Waals surface area contributed by atoms with Crippen molar-refractivity contribution in [1.82, 2.24) is 0 Å². The molecule has 3 nitrogen and oxygen atoms in total. The highest BCUT2D eigenvalue weighted by Crippen LogP contribution is 2.25. The number of ether oxygens (including phenoxy) is 2. The van der Waals surface area contributed by atoms with Gasteiger partial charge in [0.15, 0.2) is 0 Å². The first kappa shape index (κ1) is 14.4. The van der Waals surface area contributed by atoms with Crippen molar-refractivity contribution in [2.45, 2.75) is 6.92 Å². The summed E-state index contributed by atoms with van der Waals surface area (Å²) in [6.07, 6.45) is 0. The van der Waals surface area contributed by atoms with Crippen molar-refractivity contribution in [3.05, 3.63) is 58.1 Å². The van der Waals surface area contributed by atoms with E-state index in [2.05, 4.69) is 22.0 Å². The van der Waals surface area contributed by atoms with Crippen LogP contribution in [0.2, 0.25) is 0 Å². The third-order valence-corrected chi connectivity index (χ3v) is 3.37. The minimum absolute atomic E-state index is 0.443. The van der Waals surface area contributed by atoms with Gasteiger partial charge in [0.2, 0.25) is 0 Å². The number of hydrogen-bond acceptors (Lipinski definition) is 3. The van der Waals surface area contributed by atoms with Gasteiger partial charge in [-0.25, -0.2) is 0 Å². The fourth-order valence-electron chi connectivity index (χ4n) is 1.71. The number of hydrogen-bond donors (Lipinski definition) is 0. The van der Waals surface area contributed by atoms with Crippen molar-refractivity contribution in [3.63, 3.8) is 0 Å². The lowest BCUT2D eigenvalue weighted by atomic mass is 10.2. The molecule has 4 heteroatoms. The molecule has 0 aromatic heterocycles. The molecule has 0 N–H and O–H groups in total. The summed E-state index contributed by atoms with van der Waals surface area (Å²) in [4.78, 5) is 0. The first-order valence-electron chi connectivity index (χ1n) is 6.21. The molecule has 102 valence electrons. The average Bonchev–Trinajstić information content (AvgIpc) is 2.46. The lowest BCUT2D eigenvalue weighted by molar-refractivity contribution is 0.215. The summed E-state index contributed by atoms with van der Waals surface area (Å²) in [7, 11) is 0. The highest BCUT2D eigenvalue weighted by Gasteiger charge is 2.03. The van der Waals surface area contributed by atoms with E-state index in [1.54, 1.807) is 18.2 Å². The number of nitrogens with zero attached hydrogens (tertiary/aromatic N) is 1. The van der Waals surface area contributed by atoms with Gasteiger partial charge in [0, 0.05) is 0 Å². The Balaban J connectivity index is 1.85. The van der Waals surface area contributed by atoms with Crippen LogP contribution >= 0.6 is 15.9 Å². The fourth-order valence-corrected chi connectivity index (χ4v) is 2.20. The zero-order valence-electron chi connectivity index (χ0n) is 11.1. The fraction of sp³-hybridized carbons (Fsp3) is 0.188. The maximum absolute atomic E-state index is 8.79. The Morgan fingerprint density at radius 2 is 1.75 bits per heavy atom. The van der Waals surface area contributed by atoms with Crippen molar-refractivity contribution in [2.24, 2.45) is 0 Å². The first-order valence-corrected chi connectivity index (χ1v) is 7.01. The van der Waals surface area contributed by atoms with Crippen molar-refractivity contribution in [2.75, 3.05) is 13.2 Å². The molecule has 20 heavy (non-hydrogen) atoms. The van der Waals surface area contributed by atoms with Gasteiger partial charge in [-0.05, 0) is 52.7 Å². The highest BCUT2D eigenvalue weighted by molar-refractivity contribution is 9.10. The molecule has 0 radical (unpaired) electrons. The van der Waals surface area contributed by atoms with Gasteiger partial charge >= 0.3 is 0 Å². The van der Waals surface area contributed by atoms with Crippen LogP contribution < -0.4 is 9.47 Å². The largest absolute Gasteiger partial charge is 0.490 e. The summed E-state index contributed by atoms with van der Waals surface area (Å²) >= 11 is 3.38. The molecule has 0 heterocycles. The molecular formula is C16H14BrNO2. The Hall–Kier alpha value is -1.99. The van der Waals surface area contributed by atoms with E-state index in [1.807, 2.05) is 31.2 Å². The molecular weight excluding hydrogens is 318 g/mol. The quantitative estimate of drug-likeness (QED) is 0.775. The Bertz CT molecular complexity index is 635. The minimum Gasteiger partial charge on any atom is -0.490 e. The Labute approximate surface area is 126 Å². The summed E-state index contributed by atoms with van der Waals surface area (Å²) in [5.74, 6) is 1.58. The van der Waals surface area contributed by atoms with Crippen molar-refractivity contribution in [3.8, 4) is 17.6 Å². The maximum Gasteiger partial charge on any atom is 0.133 e. The molecule has 0 aliphatic heterocycles. The molecule has 0 fully saturated rings. The van der Waals surface area contributed by atoms with Gasteiger partial charge in [-0.15, -0.1) is 0 Å². The summed E-state index contributed by atoms with van der Waals surface area (Å²) in [5.41, 5.74) is 1.70. The molecule has 0 amide bonds. The topological polar surface area (TPSA) is 42.2 Å². The van der Waals surface area contributed by atoms with E-state index in [9.17, 15) is 0 Å². The second-order valence-electron chi connectivity index (χ2n) is 4.22. The smallest absolute Gasteiger partial charge is 0.133 e. The van der Waals surface area contributed by atoms with Crippen LogP contribution in [0.1, 0.15) is 11.1 Å². The van der Waals surface area contributed by atoms with Crippen LogP contribution in [0.3, 0.4) is 0 Å². The molecule has 0 saturated carbocycles. The number of aryl methyl sites for hydroxylation is 1. The highest BCUT2D eigenvalue weighted by atomic mass is 79.9. The third-order valence-electron chi connectivity index (χ3n) is 2.75. The zero-order valence-corrected chi connectivity index (χ0v) is 12.7. The normalized spacial score (nSPS) is 9.85. The van der Waals surface area contributed by atoms with Crippen LogP contribution in [-0.2, 0) is 0 Å². The van der Waals surface area contributed by atoms with E-state index >= 15 is 0 Å². The van der Waals surface area contributed by atoms with Crippen LogP contribution in [0.15, 0.2) is 46.9 Å². The molecule has 2 aromatic carbocycles. The molecule has 0 atom stereocenters. The van der Waals surface area contributed by atoms with Crippen LogP contribution in [0.4, 0.5) is 0 Å². The van der Waals surface area contributed by atoms with E-state index in [1.165, 1.54) is 0 Å². The predicted molar refractivity (Wildman–Crippen MR) is 81.0 cm³/mol. The molecule has 2 aromatic rings. The average molecular weight is 332 g/mol. The summed E-state index contributed by atoms with van der Waals surface area (Å²) < 4.78 is 12.0. The van der Waals surface area contributed by atoms with Crippen molar-refractivity contribution >= 4 is 15.9 Å². The number of rotatable bonds is 5. The van der Waals surface area contributed by atoms with Crippen LogP contribution in [0, 0.1) is 18.3 Å². The maximum atomic E-state index is 8.79. The number of nitriles is 1. The Morgan fingerprint density at radius 1 is 1.05 bits per heavy atom. The first-order chi connectivity index (χ1) is 9.70. The third kappa shape index (κ3) is 3.75. The lowest BCUT2D eigenvalue weighted by Crippen LogP contribution is -2.09. The summed E-state index contributed by atoms with van der Waals surface area (Å²) in [6.45, 7) is 2.92. The summed E-state index contributed by atoms with van der Waals surface area (Å²) in [6, 6.07) is 15.2. The molecule has 2 rings (SSSR count). The Morgan fingerprint density at radius 3 is 2.40 bits per heavy atom. The van der Waals surface area contributed by atoms with Gasteiger partial charge in [-0.2, -0.15) is 5.26 Å². The minimum atomic E-state index is 0.443. The molecule has 0 spiro atoms. The van der Waals surface area contributed by atoms with Crippen LogP contribution in [-0.4, -0.2) is 13.2 Å². The van der Waals surface area contributed by atoms with Crippen molar-refractivity contribution in [1.29, 1.82) is 5.26 Å². The van der Waals surface area contributed by atoms with E-state index in [0.29, 0.717) is 24.5 Å². The zero-order chi connectivity index (χ0) is 14.4. The second kappa shape index (κ2) is 6.97. The molecule has 0 unspecified atom stereocenters. The number of benzene rings is 2. The van der Waals surface area contributed by atoms with E-state index in [-0.39, 0.29) is 0 Å². The lowest BCUT2D eigenvalue weighted by Gasteiger charge is -2.11. The van der Waals surface area contributed by atoms with Crippen molar-refractivity contribution < 1.29 is 9.47 Å². The van der Waals surface area contributed by atoms with Crippen LogP contribution in [0.5, 0.6) is 11.5 Å². The SMILES string of the molecule is Cc1ccccc1OCCOc1ccc(C#N)cc1Br. The standard InChI is InChI=1S/C16H14BrNO2/c1-12-4-2-3-5-15(12)19-8-9-20-16-7-6-13(11-18)10-14(16)17/h2-7,10H,8-9H2,1H3. The Kier molecular flexibility index (Phi) is 5.03. The van der Waals surface area contributed by atoms with Gasteiger partial charge in [0.25, 0.3) is 0 Å². The van der Waals surface area contributed by atoms with E-state index in [4.69, 9.17) is 14.7 Å². The van der Waals surface area contributed by atoms with Crippen LogP contribution in [0.25, 0.3) is 0 Å². The summed E-state index contributed by atoms with van der Waals surface area (Å²) in [5, 5.41) is 8.79. The van der Waals surface area contributed by atoms with Gasteiger partial charge in [0.1, 0.15) is 24.7 Å². The predicted octanol–water partition coefficient (Wildman–Crippen LogP) is 4.09. The van der Waals surface area contributed by atoms with Gasteiger partial charge in [-0.1, -0.05) is 18.2 Å². The van der Waals surface area contributed by atoms with E-state index in [0.717, 1.165) is 15.8 Å². The molecule has 0 saturated heterocycles.